The lowest BCUT2D eigenvalue weighted by atomic mass is 10.3. The highest BCUT2D eigenvalue weighted by Gasteiger charge is 2.04. The van der Waals surface area contributed by atoms with Crippen LogP contribution in [0.3, 0.4) is 0 Å². The van der Waals surface area contributed by atoms with Crippen LogP contribution < -0.4 is 16.0 Å². The van der Waals surface area contributed by atoms with Crippen molar-refractivity contribution in [3.63, 3.8) is 0 Å². The molecule has 21 heavy (non-hydrogen) atoms. The van der Waals surface area contributed by atoms with Gasteiger partial charge in [-0.1, -0.05) is 0 Å². The van der Waals surface area contributed by atoms with Crippen LogP contribution in [0.2, 0.25) is 0 Å². The molecular formula is C14H18N4O2S. The van der Waals surface area contributed by atoms with Gasteiger partial charge in [-0.3, -0.25) is 9.79 Å². The van der Waals surface area contributed by atoms with Gasteiger partial charge < -0.3 is 20.4 Å². The average molecular weight is 306 g/mol. The lowest BCUT2D eigenvalue weighted by Crippen LogP contribution is -2.42. The molecule has 0 bridgehead atoms. The van der Waals surface area contributed by atoms with Crippen LogP contribution in [0.25, 0.3) is 0 Å². The molecule has 6 nitrogen and oxygen atoms in total. The van der Waals surface area contributed by atoms with Crippen LogP contribution in [0.15, 0.2) is 44.6 Å². The van der Waals surface area contributed by atoms with Gasteiger partial charge in [-0.25, -0.2) is 0 Å². The number of nitrogens with one attached hydrogen (secondary N) is 3. The third-order valence-corrected chi connectivity index (χ3v) is 3.45. The van der Waals surface area contributed by atoms with Crippen molar-refractivity contribution in [2.45, 2.75) is 13.1 Å². The minimum atomic E-state index is -0.120. The smallest absolute Gasteiger partial charge is 0.239 e. The zero-order valence-corrected chi connectivity index (χ0v) is 12.6. The van der Waals surface area contributed by atoms with Gasteiger partial charge in [0, 0.05) is 13.6 Å². The minimum Gasteiger partial charge on any atom is -0.467 e. The zero-order valence-electron chi connectivity index (χ0n) is 11.8. The molecule has 0 aliphatic carbocycles. The van der Waals surface area contributed by atoms with Crippen molar-refractivity contribution in [2.24, 2.45) is 4.99 Å². The van der Waals surface area contributed by atoms with Gasteiger partial charge in [0.2, 0.25) is 5.91 Å². The van der Waals surface area contributed by atoms with Crippen LogP contribution in [0.5, 0.6) is 0 Å². The number of thiophene rings is 1. The standard InChI is InChI=1S/C14H18N4O2S/c1-15-14(17-7-11-4-6-21-10-11)18-9-13(19)16-8-12-3-2-5-20-12/h2-6,10H,7-9H2,1H3,(H,16,19)(H2,15,17,18). The summed E-state index contributed by atoms with van der Waals surface area (Å²) in [5.74, 6) is 1.20. The van der Waals surface area contributed by atoms with Gasteiger partial charge in [-0.2, -0.15) is 11.3 Å². The van der Waals surface area contributed by atoms with Crippen LogP contribution in [-0.4, -0.2) is 25.5 Å². The minimum absolute atomic E-state index is 0.120. The Morgan fingerprint density at radius 2 is 2.19 bits per heavy atom. The van der Waals surface area contributed by atoms with E-state index < -0.39 is 0 Å². The van der Waals surface area contributed by atoms with E-state index in [9.17, 15) is 4.79 Å². The number of carbonyl (C=O) groups excluding carboxylic acids is 1. The second-order valence-corrected chi connectivity index (χ2v) is 5.05. The van der Waals surface area contributed by atoms with Gasteiger partial charge in [0.1, 0.15) is 5.76 Å². The number of guanidine groups is 1. The van der Waals surface area contributed by atoms with E-state index in [0.29, 0.717) is 19.0 Å². The first-order chi connectivity index (χ1) is 10.3. The predicted octanol–water partition coefficient (Wildman–Crippen LogP) is 1.32. The molecule has 112 valence electrons. The maximum absolute atomic E-state index is 11.7. The van der Waals surface area contributed by atoms with Crippen LogP contribution in [0.1, 0.15) is 11.3 Å². The van der Waals surface area contributed by atoms with Gasteiger partial charge in [0.25, 0.3) is 0 Å². The Labute approximate surface area is 127 Å². The lowest BCUT2D eigenvalue weighted by Gasteiger charge is -2.11. The van der Waals surface area contributed by atoms with Gasteiger partial charge >= 0.3 is 0 Å². The summed E-state index contributed by atoms with van der Waals surface area (Å²) in [6.45, 7) is 1.22. The second kappa shape index (κ2) is 8.11. The van der Waals surface area contributed by atoms with Crippen molar-refractivity contribution in [2.75, 3.05) is 13.6 Å². The largest absolute Gasteiger partial charge is 0.467 e. The number of carbonyl (C=O) groups is 1. The third-order valence-electron chi connectivity index (χ3n) is 2.72. The molecule has 0 aromatic carbocycles. The molecule has 2 aromatic rings. The number of hydrogen-bond acceptors (Lipinski definition) is 4. The fourth-order valence-corrected chi connectivity index (χ4v) is 2.29. The molecule has 0 atom stereocenters. The molecule has 0 fully saturated rings. The van der Waals surface area contributed by atoms with Crippen LogP contribution in [0, 0.1) is 0 Å². The average Bonchev–Trinajstić information content (AvgIpc) is 3.18. The summed E-state index contributed by atoms with van der Waals surface area (Å²) in [6, 6.07) is 5.64. The molecule has 2 aromatic heterocycles. The fraction of sp³-hybridized carbons (Fsp3) is 0.286. The topological polar surface area (TPSA) is 78.7 Å². The Kier molecular flexibility index (Phi) is 5.83. The molecule has 0 unspecified atom stereocenters. The van der Waals surface area contributed by atoms with Gasteiger partial charge in [-0.15, -0.1) is 0 Å². The fourth-order valence-electron chi connectivity index (χ4n) is 1.63. The Hall–Kier alpha value is -2.28. The van der Waals surface area contributed by atoms with E-state index in [2.05, 4.69) is 26.3 Å². The molecule has 3 N–H and O–H groups in total. The zero-order chi connectivity index (χ0) is 14.9. The first-order valence-corrected chi connectivity index (χ1v) is 7.47. The molecule has 0 radical (unpaired) electrons. The van der Waals surface area contributed by atoms with E-state index in [-0.39, 0.29) is 12.5 Å². The highest BCUT2D eigenvalue weighted by Crippen LogP contribution is 2.04. The molecule has 7 heteroatoms. The quantitative estimate of drug-likeness (QED) is 0.555. The maximum atomic E-state index is 11.7. The van der Waals surface area contributed by atoms with Crippen molar-refractivity contribution in [3.05, 3.63) is 46.5 Å². The molecule has 2 heterocycles. The van der Waals surface area contributed by atoms with Crippen molar-refractivity contribution in [3.8, 4) is 0 Å². The predicted molar refractivity (Wildman–Crippen MR) is 83.1 cm³/mol. The molecule has 0 saturated heterocycles. The number of hydrogen-bond donors (Lipinski definition) is 3. The summed E-state index contributed by atoms with van der Waals surface area (Å²) < 4.78 is 5.14. The first kappa shape index (κ1) is 15.1. The van der Waals surface area contributed by atoms with Crippen molar-refractivity contribution in [1.82, 2.24) is 16.0 Å². The Morgan fingerprint density at radius 1 is 1.29 bits per heavy atom. The van der Waals surface area contributed by atoms with Gasteiger partial charge in [0.05, 0.1) is 19.4 Å². The molecule has 1 amide bonds. The van der Waals surface area contributed by atoms with Gasteiger partial charge in [0.15, 0.2) is 5.96 Å². The number of furan rings is 1. The molecule has 0 saturated carbocycles. The third kappa shape index (κ3) is 5.31. The number of aliphatic imine (C=N–C) groups is 1. The van der Waals surface area contributed by atoms with Crippen molar-refractivity contribution in [1.29, 1.82) is 0 Å². The molecular weight excluding hydrogens is 288 g/mol. The summed E-state index contributed by atoms with van der Waals surface area (Å²) in [4.78, 5) is 15.8. The van der Waals surface area contributed by atoms with Gasteiger partial charge in [-0.05, 0) is 34.5 Å². The van der Waals surface area contributed by atoms with Crippen LogP contribution in [-0.2, 0) is 17.9 Å². The van der Waals surface area contributed by atoms with E-state index in [1.54, 1.807) is 30.7 Å². The summed E-state index contributed by atoms with van der Waals surface area (Å²) in [5, 5.41) is 13.0. The monoisotopic (exact) mass is 306 g/mol. The maximum Gasteiger partial charge on any atom is 0.239 e. The Bertz CT molecular complexity index is 564. The normalized spacial score (nSPS) is 11.2. The molecule has 0 spiro atoms. The summed E-state index contributed by atoms with van der Waals surface area (Å²) in [6.07, 6.45) is 1.58. The summed E-state index contributed by atoms with van der Waals surface area (Å²) >= 11 is 1.65. The SMILES string of the molecule is CN=C(NCC(=O)NCc1ccco1)NCc1ccsc1. The van der Waals surface area contributed by atoms with E-state index in [1.807, 2.05) is 17.5 Å². The van der Waals surface area contributed by atoms with E-state index in [4.69, 9.17) is 4.42 Å². The highest BCUT2D eigenvalue weighted by molar-refractivity contribution is 7.07. The Morgan fingerprint density at radius 3 is 2.86 bits per heavy atom. The Balaban J connectivity index is 1.66. The van der Waals surface area contributed by atoms with E-state index >= 15 is 0 Å². The van der Waals surface area contributed by atoms with E-state index in [0.717, 1.165) is 5.76 Å². The van der Waals surface area contributed by atoms with E-state index in [1.165, 1.54) is 5.56 Å². The lowest BCUT2D eigenvalue weighted by molar-refractivity contribution is -0.120. The highest BCUT2D eigenvalue weighted by atomic mass is 32.1. The number of rotatable bonds is 6. The molecule has 0 aliphatic heterocycles. The second-order valence-electron chi connectivity index (χ2n) is 4.27. The summed E-state index contributed by atoms with van der Waals surface area (Å²) in [7, 11) is 1.67. The van der Waals surface area contributed by atoms with Crippen LogP contribution >= 0.6 is 11.3 Å². The van der Waals surface area contributed by atoms with Crippen LogP contribution in [0.4, 0.5) is 0 Å². The number of nitrogens with zero attached hydrogens (tertiary/aromatic N) is 1. The first-order valence-electron chi connectivity index (χ1n) is 6.52. The van der Waals surface area contributed by atoms with Crippen molar-refractivity contribution < 1.29 is 9.21 Å². The molecule has 0 aliphatic rings. The van der Waals surface area contributed by atoms with Crippen molar-refractivity contribution >= 4 is 23.2 Å². The number of amides is 1. The summed E-state index contributed by atoms with van der Waals surface area (Å²) in [5.41, 5.74) is 1.19. The molecule has 2 rings (SSSR count).